The first-order valence-corrected chi connectivity index (χ1v) is 13.0. The molecule has 0 fully saturated rings. The van der Waals surface area contributed by atoms with Gasteiger partial charge < -0.3 is 15.0 Å². The lowest BCUT2D eigenvalue weighted by molar-refractivity contribution is -0.275. The maximum Gasteiger partial charge on any atom is 0.435 e. The summed E-state index contributed by atoms with van der Waals surface area (Å²) in [5.41, 5.74) is -2.37. The van der Waals surface area contributed by atoms with Crippen LogP contribution in [0.5, 0.6) is 0 Å². The fraction of sp³-hybridized carbons (Fsp3) is 0.296. The van der Waals surface area contributed by atoms with Crippen molar-refractivity contribution in [3.05, 3.63) is 80.3 Å². The Bertz CT molecular complexity index is 1440. The van der Waals surface area contributed by atoms with E-state index in [1.54, 1.807) is 30.3 Å². The number of hydrogen-bond acceptors (Lipinski definition) is 5. The van der Waals surface area contributed by atoms with Gasteiger partial charge in [-0.05, 0) is 34.9 Å². The molecule has 1 aliphatic rings. The number of oxime groups is 2. The van der Waals surface area contributed by atoms with Crippen LogP contribution in [0.15, 0.2) is 58.8 Å². The highest BCUT2D eigenvalue weighted by molar-refractivity contribution is 6.48. The van der Waals surface area contributed by atoms with Crippen molar-refractivity contribution in [2.45, 2.75) is 32.0 Å². The Morgan fingerprint density at radius 1 is 1.15 bits per heavy atom. The summed E-state index contributed by atoms with van der Waals surface area (Å²) < 4.78 is 43.5. The highest BCUT2D eigenvalue weighted by atomic mass is 35.5. The molecule has 0 spiro atoms. The Labute approximate surface area is 237 Å². The highest BCUT2D eigenvalue weighted by Crippen LogP contribution is 2.51. The maximum absolute atomic E-state index is 14.5. The monoisotopic (exact) mass is 599 g/mol. The van der Waals surface area contributed by atoms with E-state index in [4.69, 9.17) is 44.5 Å². The molecule has 12 heteroatoms. The zero-order chi connectivity index (χ0) is 28.4. The van der Waals surface area contributed by atoms with Crippen LogP contribution in [0.25, 0.3) is 10.8 Å². The molecule has 0 bridgehead atoms. The van der Waals surface area contributed by atoms with E-state index in [0.29, 0.717) is 34.4 Å². The molecule has 6 nitrogen and oxygen atoms in total. The minimum absolute atomic E-state index is 0.0483. The molecule has 1 amide bonds. The summed E-state index contributed by atoms with van der Waals surface area (Å²) >= 11 is 18.0. The minimum atomic E-state index is -4.87. The van der Waals surface area contributed by atoms with Gasteiger partial charge in [0, 0.05) is 23.1 Å². The molecule has 39 heavy (non-hydrogen) atoms. The molecule has 1 unspecified atom stereocenters. The van der Waals surface area contributed by atoms with E-state index in [1.165, 1.54) is 12.3 Å². The zero-order valence-corrected chi connectivity index (χ0v) is 23.0. The van der Waals surface area contributed by atoms with Gasteiger partial charge in [0.05, 0.1) is 33.5 Å². The highest BCUT2D eigenvalue weighted by Gasteiger charge is 2.62. The number of benzene rings is 3. The third-order valence-electron chi connectivity index (χ3n) is 6.03. The lowest BCUT2D eigenvalue weighted by Gasteiger charge is -2.30. The number of nitrogens with one attached hydrogen (secondary N) is 1. The molecule has 0 saturated carbocycles. The first-order chi connectivity index (χ1) is 18.4. The fourth-order valence-electron chi connectivity index (χ4n) is 4.10. The van der Waals surface area contributed by atoms with Crippen LogP contribution in [-0.4, -0.2) is 37.2 Å². The first kappa shape index (κ1) is 29.0. The van der Waals surface area contributed by atoms with Crippen LogP contribution >= 0.6 is 34.8 Å². The molecule has 0 saturated heterocycles. The van der Waals surface area contributed by atoms with Crippen molar-refractivity contribution < 1.29 is 27.6 Å². The van der Waals surface area contributed by atoms with Gasteiger partial charge in [0.25, 0.3) is 11.5 Å². The molecule has 1 atom stereocenters. The average molecular weight is 601 g/mol. The van der Waals surface area contributed by atoms with E-state index in [1.807, 2.05) is 13.8 Å². The van der Waals surface area contributed by atoms with E-state index in [-0.39, 0.29) is 38.8 Å². The number of carbonyl (C=O) groups is 1. The second-order valence-corrected chi connectivity index (χ2v) is 10.5. The van der Waals surface area contributed by atoms with Crippen molar-refractivity contribution >= 4 is 63.4 Å². The Balaban J connectivity index is 1.63. The third kappa shape index (κ3) is 5.95. The van der Waals surface area contributed by atoms with Crippen molar-refractivity contribution in [1.29, 1.82) is 0 Å². The fourth-order valence-corrected chi connectivity index (χ4v) is 4.70. The number of amides is 1. The molecule has 1 N–H and O–H groups in total. The van der Waals surface area contributed by atoms with Crippen LogP contribution in [0, 0.1) is 5.92 Å². The van der Waals surface area contributed by atoms with Gasteiger partial charge in [0.2, 0.25) is 0 Å². The van der Waals surface area contributed by atoms with Crippen LogP contribution in [-0.2, 0) is 15.3 Å². The van der Waals surface area contributed by atoms with Crippen molar-refractivity contribution in [1.82, 2.24) is 5.32 Å². The molecule has 3 aromatic rings. The van der Waals surface area contributed by atoms with E-state index in [2.05, 4.69) is 15.6 Å². The minimum Gasteiger partial charge on any atom is -0.396 e. The zero-order valence-electron chi connectivity index (χ0n) is 20.8. The Hall–Kier alpha value is -3.01. The Morgan fingerprint density at radius 2 is 1.82 bits per heavy atom. The number of rotatable bonds is 8. The quantitative estimate of drug-likeness (QED) is 0.163. The Morgan fingerprint density at radius 3 is 2.46 bits per heavy atom. The molecule has 4 rings (SSSR count). The normalized spacial score (nSPS) is 17.5. The molecule has 0 aromatic heterocycles. The van der Waals surface area contributed by atoms with Crippen molar-refractivity contribution in [2.75, 3.05) is 13.2 Å². The van der Waals surface area contributed by atoms with Gasteiger partial charge >= 0.3 is 6.18 Å². The summed E-state index contributed by atoms with van der Waals surface area (Å²) in [6.07, 6.45) is -4.07. The predicted octanol–water partition coefficient (Wildman–Crippen LogP) is 7.77. The van der Waals surface area contributed by atoms with Gasteiger partial charge in [-0.2, -0.15) is 13.2 Å². The van der Waals surface area contributed by atoms with Crippen molar-refractivity contribution in [2.24, 2.45) is 16.2 Å². The van der Waals surface area contributed by atoms with Crippen LogP contribution in [0.4, 0.5) is 13.2 Å². The van der Waals surface area contributed by atoms with Crippen molar-refractivity contribution in [3.8, 4) is 0 Å². The third-order valence-corrected chi connectivity index (χ3v) is 7.22. The summed E-state index contributed by atoms with van der Waals surface area (Å²) in [7, 11) is 0. The lowest BCUT2D eigenvalue weighted by Crippen LogP contribution is -2.42. The summed E-state index contributed by atoms with van der Waals surface area (Å²) in [5.74, 6) is -0.0627. The molecule has 3 aromatic carbocycles. The smallest absolute Gasteiger partial charge is 0.396 e. The van der Waals surface area contributed by atoms with E-state index in [0.717, 1.165) is 12.1 Å². The standard InChI is InChI=1S/C27H23Cl3F3N3O3/c1-15(2)14-38-35-10-9-34-25(37)20-8-7-19(17-5-3-4-6-18(17)20)23-13-26(39-36-23,27(31,32)33)16-11-21(28)24(30)22(29)12-16/h3-8,10-12,15H,9,13-14H2,1-2H3,(H,34,37)/b35-10+. The maximum atomic E-state index is 14.5. The van der Waals surface area contributed by atoms with E-state index >= 15 is 0 Å². The first-order valence-electron chi connectivity index (χ1n) is 11.9. The molecular weight excluding hydrogens is 578 g/mol. The van der Waals surface area contributed by atoms with Gasteiger partial charge in [0.15, 0.2) is 0 Å². The summed E-state index contributed by atoms with van der Waals surface area (Å²) in [4.78, 5) is 23.1. The number of halogens is 6. The van der Waals surface area contributed by atoms with Gasteiger partial charge in [0.1, 0.15) is 6.61 Å². The van der Waals surface area contributed by atoms with E-state index < -0.39 is 18.2 Å². The Kier molecular flexibility index (Phi) is 8.63. The number of nitrogens with zero attached hydrogens (tertiary/aromatic N) is 2. The van der Waals surface area contributed by atoms with Gasteiger partial charge in [-0.1, -0.05) is 89.3 Å². The number of hydrogen-bond donors (Lipinski definition) is 1. The summed E-state index contributed by atoms with van der Waals surface area (Å²) in [6.45, 7) is 4.56. The lowest BCUT2D eigenvalue weighted by atomic mass is 9.85. The second-order valence-electron chi connectivity index (χ2n) is 9.28. The topological polar surface area (TPSA) is 72.3 Å². The van der Waals surface area contributed by atoms with Crippen LogP contribution < -0.4 is 5.32 Å². The summed E-state index contributed by atoms with van der Waals surface area (Å²) in [5, 5.41) is 11.1. The van der Waals surface area contributed by atoms with Crippen LogP contribution in [0.1, 0.15) is 41.8 Å². The molecule has 1 aliphatic heterocycles. The van der Waals surface area contributed by atoms with Crippen LogP contribution in [0.3, 0.4) is 0 Å². The van der Waals surface area contributed by atoms with Crippen LogP contribution in [0.2, 0.25) is 15.1 Å². The molecular formula is C27H23Cl3F3N3O3. The van der Waals surface area contributed by atoms with Gasteiger partial charge in [-0.25, -0.2) is 0 Å². The average Bonchev–Trinajstić information content (AvgIpc) is 3.35. The molecule has 1 heterocycles. The van der Waals surface area contributed by atoms with Crippen molar-refractivity contribution in [3.63, 3.8) is 0 Å². The predicted molar refractivity (Wildman–Crippen MR) is 147 cm³/mol. The molecule has 0 aliphatic carbocycles. The van der Waals surface area contributed by atoms with E-state index in [9.17, 15) is 18.0 Å². The number of fused-ring (bicyclic) bond motifs is 1. The van der Waals surface area contributed by atoms with Gasteiger partial charge in [-0.3, -0.25) is 4.79 Å². The second kappa shape index (κ2) is 11.6. The SMILES string of the molecule is CC(C)CO/N=C/CNC(=O)c1ccc(C2=NOC(c3cc(Cl)c(Cl)c(Cl)c3)(C(F)(F)F)C2)c2ccccc12. The molecule has 206 valence electrons. The number of carbonyl (C=O) groups excluding carboxylic acids is 1. The molecule has 0 radical (unpaired) electrons. The summed E-state index contributed by atoms with van der Waals surface area (Å²) in [6, 6.07) is 12.1. The number of alkyl halides is 3. The van der Waals surface area contributed by atoms with Gasteiger partial charge in [-0.15, -0.1) is 0 Å². The largest absolute Gasteiger partial charge is 0.435 e.